The zero-order chi connectivity index (χ0) is 15.5. The van der Waals surface area contributed by atoms with Crippen molar-refractivity contribution in [1.82, 2.24) is 4.90 Å². The molecular formula is C16H23FN2O2. The first-order valence-electron chi connectivity index (χ1n) is 7.39. The molecule has 2 rings (SSSR count). The number of benzene rings is 1. The van der Waals surface area contributed by atoms with Gasteiger partial charge in [0, 0.05) is 13.1 Å². The molecule has 1 saturated heterocycles. The predicted octanol–water partition coefficient (Wildman–Crippen LogP) is 2.18. The maximum absolute atomic E-state index is 13.6. The zero-order valence-corrected chi connectivity index (χ0v) is 12.6. The van der Waals surface area contributed by atoms with Crippen molar-refractivity contribution in [3.05, 3.63) is 30.1 Å². The molecule has 1 aliphatic heterocycles. The van der Waals surface area contributed by atoms with Crippen molar-refractivity contribution < 1.29 is 13.9 Å². The van der Waals surface area contributed by atoms with Gasteiger partial charge in [0.25, 0.3) is 5.91 Å². The van der Waals surface area contributed by atoms with Crippen molar-refractivity contribution in [2.75, 3.05) is 19.6 Å². The summed E-state index contributed by atoms with van der Waals surface area (Å²) in [6.45, 7) is 5.82. The molecule has 0 aromatic heterocycles. The second kappa shape index (κ2) is 6.43. The number of hydrogen-bond donors (Lipinski definition) is 1. The summed E-state index contributed by atoms with van der Waals surface area (Å²) in [5, 5.41) is 0. The number of likely N-dealkylation sites (tertiary alicyclic amines) is 1. The molecule has 1 aromatic carbocycles. The lowest BCUT2D eigenvalue weighted by Gasteiger charge is -2.26. The highest BCUT2D eigenvalue weighted by atomic mass is 19.1. The molecule has 2 unspecified atom stereocenters. The molecule has 1 aromatic rings. The summed E-state index contributed by atoms with van der Waals surface area (Å²) in [6.07, 6.45) is 0.746. The molecule has 21 heavy (non-hydrogen) atoms. The molecule has 0 saturated carbocycles. The Bertz CT molecular complexity index is 509. The van der Waals surface area contributed by atoms with Gasteiger partial charge in [-0.05, 0) is 36.9 Å². The van der Waals surface area contributed by atoms with E-state index in [-0.39, 0.29) is 17.1 Å². The average Bonchev–Trinajstić information content (AvgIpc) is 2.89. The van der Waals surface area contributed by atoms with Crippen LogP contribution in [0.15, 0.2) is 24.3 Å². The Hall–Kier alpha value is -1.62. The van der Waals surface area contributed by atoms with Crippen molar-refractivity contribution in [1.29, 1.82) is 0 Å². The van der Waals surface area contributed by atoms with Crippen LogP contribution in [-0.2, 0) is 4.79 Å². The minimum absolute atomic E-state index is 0.0219. The van der Waals surface area contributed by atoms with Crippen LogP contribution in [0.2, 0.25) is 0 Å². The van der Waals surface area contributed by atoms with Crippen LogP contribution in [0.4, 0.5) is 4.39 Å². The maximum atomic E-state index is 13.6. The third-order valence-electron chi connectivity index (χ3n) is 4.11. The number of carbonyl (C=O) groups excluding carboxylic acids is 1. The first-order chi connectivity index (χ1) is 9.99. The number of carbonyl (C=O) groups is 1. The normalized spacial score (nSPS) is 23.1. The van der Waals surface area contributed by atoms with Crippen LogP contribution in [0.3, 0.4) is 0 Å². The van der Waals surface area contributed by atoms with E-state index in [1.54, 1.807) is 23.1 Å². The highest BCUT2D eigenvalue weighted by Crippen LogP contribution is 2.29. The number of halogens is 1. The number of para-hydroxylation sites is 1. The summed E-state index contributed by atoms with van der Waals surface area (Å²) in [4.78, 5) is 14.3. The van der Waals surface area contributed by atoms with Crippen LogP contribution in [0.1, 0.15) is 26.7 Å². The third-order valence-corrected chi connectivity index (χ3v) is 4.11. The van der Waals surface area contributed by atoms with Gasteiger partial charge in [-0.2, -0.15) is 0 Å². The molecule has 1 heterocycles. The zero-order valence-electron chi connectivity index (χ0n) is 12.6. The lowest BCUT2D eigenvalue weighted by Crippen LogP contribution is -2.42. The molecule has 0 bridgehead atoms. The lowest BCUT2D eigenvalue weighted by molar-refractivity contribution is -0.138. The summed E-state index contributed by atoms with van der Waals surface area (Å²) < 4.78 is 19.2. The highest BCUT2D eigenvalue weighted by Gasteiger charge is 2.37. The third kappa shape index (κ3) is 3.53. The molecule has 1 fully saturated rings. The maximum Gasteiger partial charge on any atom is 0.263 e. The fourth-order valence-electron chi connectivity index (χ4n) is 2.58. The van der Waals surface area contributed by atoms with E-state index in [0.29, 0.717) is 26.1 Å². The lowest BCUT2D eigenvalue weighted by atomic mass is 9.90. The van der Waals surface area contributed by atoms with E-state index < -0.39 is 11.9 Å². The Balaban J connectivity index is 2.05. The molecule has 4 nitrogen and oxygen atoms in total. The van der Waals surface area contributed by atoms with E-state index in [0.717, 1.165) is 6.42 Å². The summed E-state index contributed by atoms with van der Waals surface area (Å²) in [5.41, 5.74) is 5.74. The number of ether oxygens (including phenoxy) is 1. The molecular weight excluding hydrogens is 271 g/mol. The molecule has 5 heteroatoms. The minimum Gasteiger partial charge on any atom is -0.478 e. The molecule has 1 aliphatic rings. The van der Waals surface area contributed by atoms with E-state index in [2.05, 4.69) is 6.92 Å². The van der Waals surface area contributed by atoms with Crippen LogP contribution in [0.25, 0.3) is 0 Å². The van der Waals surface area contributed by atoms with Crippen molar-refractivity contribution in [2.24, 2.45) is 11.1 Å². The Morgan fingerprint density at radius 3 is 2.81 bits per heavy atom. The van der Waals surface area contributed by atoms with Gasteiger partial charge in [-0.15, -0.1) is 0 Å². The number of nitrogens with two attached hydrogens (primary N) is 1. The van der Waals surface area contributed by atoms with Gasteiger partial charge in [-0.1, -0.05) is 26.0 Å². The van der Waals surface area contributed by atoms with Gasteiger partial charge in [-0.3, -0.25) is 4.79 Å². The molecule has 116 valence electrons. The summed E-state index contributed by atoms with van der Waals surface area (Å²) in [7, 11) is 0. The number of nitrogens with zero attached hydrogens (tertiary/aromatic N) is 1. The quantitative estimate of drug-likeness (QED) is 0.905. The smallest absolute Gasteiger partial charge is 0.263 e. The van der Waals surface area contributed by atoms with Crippen molar-refractivity contribution in [2.45, 2.75) is 32.8 Å². The molecule has 2 N–H and O–H groups in total. The molecule has 0 aliphatic carbocycles. The average molecular weight is 294 g/mol. The van der Waals surface area contributed by atoms with Crippen molar-refractivity contribution >= 4 is 5.91 Å². The standard InChI is InChI=1S/C16H23FN2O2/c1-3-13(21-14-7-5-4-6-12(14)17)15(20)19-9-8-16(2,10-18)11-19/h4-7,13H,3,8-11,18H2,1-2H3. The Labute approximate surface area is 125 Å². The van der Waals surface area contributed by atoms with Crippen LogP contribution in [0.5, 0.6) is 5.75 Å². The van der Waals surface area contributed by atoms with Gasteiger partial charge < -0.3 is 15.4 Å². The predicted molar refractivity (Wildman–Crippen MR) is 79.5 cm³/mol. The molecule has 0 radical (unpaired) electrons. The Kier molecular flexibility index (Phi) is 4.83. The van der Waals surface area contributed by atoms with Gasteiger partial charge in [0.2, 0.25) is 0 Å². The van der Waals surface area contributed by atoms with Gasteiger partial charge in [0.05, 0.1) is 0 Å². The Morgan fingerprint density at radius 1 is 1.52 bits per heavy atom. The van der Waals surface area contributed by atoms with E-state index in [1.165, 1.54) is 6.07 Å². The van der Waals surface area contributed by atoms with Crippen molar-refractivity contribution in [3.8, 4) is 5.75 Å². The minimum atomic E-state index is -0.651. The summed E-state index contributed by atoms with van der Waals surface area (Å²) in [5.74, 6) is -0.409. The van der Waals surface area contributed by atoms with E-state index >= 15 is 0 Å². The highest BCUT2D eigenvalue weighted by molar-refractivity contribution is 5.81. The van der Waals surface area contributed by atoms with Gasteiger partial charge >= 0.3 is 0 Å². The fourth-order valence-corrected chi connectivity index (χ4v) is 2.58. The van der Waals surface area contributed by atoms with Crippen molar-refractivity contribution in [3.63, 3.8) is 0 Å². The second-order valence-electron chi connectivity index (χ2n) is 5.97. The van der Waals surface area contributed by atoms with Crippen LogP contribution in [-0.4, -0.2) is 36.5 Å². The summed E-state index contributed by atoms with van der Waals surface area (Å²) in [6, 6.07) is 6.15. The SMILES string of the molecule is CCC(Oc1ccccc1F)C(=O)N1CCC(C)(CN)C1. The molecule has 0 spiro atoms. The largest absolute Gasteiger partial charge is 0.478 e. The van der Waals surface area contributed by atoms with Gasteiger partial charge in [-0.25, -0.2) is 4.39 Å². The van der Waals surface area contributed by atoms with E-state index in [9.17, 15) is 9.18 Å². The van der Waals surface area contributed by atoms with Gasteiger partial charge in [0.15, 0.2) is 17.7 Å². The van der Waals surface area contributed by atoms with E-state index in [1.807, 2.05) is 6.92 Å². The van der Waals surface area contributed by atoms with Gasteiger partial charge in [0.1, 0.15) is 0 Å². The number of hydrogen-bond acceptors (Lipinski definition) is 3. The fraction of sp³-hybridized carbons (Fsp3) is 0.562. The summed E-state index contributed by atoms with van der Waals surface area (Å²) >= 11 is 0. The second-order valence-corrected chi connectivity index (χ2v) is 5.97. The monoisotopic (exact) mass is 294 g/mol. The van der Waals surface area contributed by atoms with Crippen LogP contribution >= 0.6 is 0 Å². The molecule has 1 amide bonds. The van der Waals surface area contributed by atoms with E-state index in [4.69, 9.17) is 10.5 Å². The van der Waals surface area contributed by atoms with Crippen LogP contribution in [0, 0.1) is 11.2 Å². The van der Waals surface area contributed by atoms with Crippen LogP contribution < -0.4 is 10.5 Å². The molecule has 2 atom stereocenters. The first kappa shape index (κ1) is 15.8. The Morgan fingerprint density at radius 2 is 2.24 bits per heavy atom. The number of amides is 1. The number of rotatable bonds is 5. The first-order valence-corrected chi connectivity index (χ1v) is 7.39. The topological polar surface area (TPSA) is 55.6 Å².